The standard InChI is InChI=1S/C12H13F3N2O4/c1-11(2,3)21-10(20)17-6-4-5-16-8(12(13,14)15)7(6)9(18)19/h4-5H,1-3H3,(H,18,19)(H,16,17,20). The van der Waals surface area contributed by atoms with E-state index in [-0.39, 0.29) is 0 Å². The molecule has 1 rings (SSSR count). The summed E-state index contributed by atoms with van der Waals surface area (Å²) in [6.45, 7) is 4.66. The summed E-state index contributed by atoms with van der Waals surface area (Å²) in [5.41, 5.74) is -4.16. The zero-order valence-electron chi connectivity index (χ0n) is 11.4. The number of nitrogens with zero attached hydrogens (tertiary/aromatic N) is 1. The number of pyridine rings is 1. The largest absolute Gasteiger partial charge is 0.478 e. The van der Waals surface area contributed by atoms with Crippen LogP contribution in [0.1, 0.15) is 36.8 Å². The van der Waals surface area contributed by atoms with Crippen LogP contribution in [0.3, 0.4) is 0 Å². The summed E-state index contributed by atoms with van der Waals surface area (Å²) in [4.78, 5) is 25.6. The lowest BCUT2D eigenvalue weighted by Gasteiger charge is -2.20. The molecule has 0 unspecified atom stereocenters. The zero-order valence-corrected chi connectivity index (χ0v) is 11.4. The quantitative estimate of drug-likeness (QED) is 0.876. The summed E-state index contributed by atoms with van der Waals surface area (Å²) in [6, 6.07) is 0.947. The van der Waals surface area contributed by atoms with Crippen molar-refractivity contribution in [3.05, 3.63) is 23.5 Å². The Morgan fingerprint density at radius 3 is 2.29 bits per heavy atom. The molecular weight excluding hydrogens is 293 g/mol. The molecule has 0 fully saturated rings. The number of alkyl halides is 3. The van der Waals surface area contributed by atoms with Crippen LogP contribution in [-0.4, -0.2) is 27.8 Å². The molecular formula is C12H13F3N2O4. The molecule has 0 aliphatic carbocycles. The van der Waals surface area contributed by atoms with Gasteiger partial charge in [-0.1, -0.05) is 0 Å². The Morgan fingerprint density at radius 2 is 1.86 bits per heavy atom. The third kappa shape index (κ3) is 4.62. The minimum absolute atomic E-state index is 0.543. The van der Waals surface area contributed by atoms with E-state index in [0.717, 1.165) is 12.3 Å². The van der Waals surface area contributed by atoms with E-state index in [2.05, 4.69) is 4.98 Å². The van der Waals surface area contributed by atoms with Crippen LogP contribution in [0.25, 0.3) is 0 Å². The Hall–Kier alpha value is -2.32. The molecule has 0 saturated carbocycles. The molecule has 0 saturated heterocycles. The van der Waals surface area contributed by atoms with Gasteiger partial charge < -0.3 is 9.84 Å². The van der Waals surface area contributed by atoms with Gasteiger partial charge in [-0.3, -0.25) is 10.3 Å². The van der Waals surface area contributed by atoms with E-state index in [1.807, 2.05) is 5.32 Å². The monoisotopic (exact) mass is 306 g/mol. The summed E-state index contributed by atoms with van der Waals surface area (Å²) >= 11 is 0. The topological polar surface area (TPSA) is 88.5 Å². The van der Waals surface area contributed by atoms with Gasteiger partial charge in [0.15, 0.2) is 5.69 Å². The molecule has 0 radical (unpaired) electrons. The first-order valence-corrected chi connectivity index (χ1v) is 5.71. The molecule has 21 heavy (non-hydrogen) atoms. The highest BCUT2D eigenvalue weighted by Crippen LogP contribution is 2.33. The van der Waals surface area contributed by atoms with Crippen molar-refractivity contribution in [2.24, 2.45) is 0 Å². The van der Waals surface area contributed by atoms with Crippen LogP contribution in [0.15, 0.2) is 12.3 Å². The lowest BCUT2D eigenvalue weighted by Crippen LogP contribution is -2.28. The minimum Gasteiger partial charge on any atom is -0.478 e. The van der Waals surface area contributed by atoms with Crippen molar-refractivity contribution in [3.8, 4) is 0 Å². The van der Waals surface area contributed by atoms with E-state index >= 15 is 0 Å². The van der Waals surface area contributed by atoms with Crippen molar-refractivity contribution in [1.29, 1.82) is 0 Å². The fraction of sp³-hybridized carbons (Fsp3) is 0.417. The third-order valence-electron chi connectivity index (χ3n) is 2.07. The molecule has 0 bridgehead atoms. The number of aromatic carboxylic acids is 1. The number of carbonyl (C=O) groups is 2. The van der Waals surface area contributed by atoms with Gasteiger partial charge in [0, 0.05) is 6.20 Å². The number of carboxylic acid groups (broad SMARTS) is 1. The Bertz CT molecular complexity index is 565. The van der Waals surface area contributed by atoms with Gasteiger partial charge in [-0.15, -0.1) is 0 Å². The summed E-state index contributed by atoms with van der Waals surface area (Å²) in [7, 11) is 0. The average molecular weight is 306 g/mol. The lowest BCUT2D eigenvalue weighted by atomic mass is 10.1. The molecule has 9 heteroatoms. The van der Waals surface area contributed by atoms with Crippen LogP contribution >= 0.6 is 0 Å². The van der Waals surface area contributed by atoms with Crippen LogP contribution in [0.2, 0.25) is 0 Å². The van der Waals surface area contributed by atoms with E-state index < -0.39 is 40.8 Å². The fourth-order valence-corrected chi connectivity index (χ4v) is 1.41. The first kappa shape index (κ1) is 16.7. The summed E-state index contributed by atoms with van der Waals surface area (Å²) < 4.78 is 43.0. The molecule has 0 atom stereocenters. The van der Waals surface area contributed by atoms with E-state index in [1.165, 1.54) is 0 Å². The van der Waals surface area contributed by atoms with Gasteiger partial charge >= 0.3 is 18.2 Å². The molecule has 1 amide bonds. The number of aromatic nitrogens is 1. The van der Waals surface area contributed by atoms with Crippen LogP contribution in [0, 0.1) is 0 Å². The smallest absolute Gasteiger partial charge is 0.434 e. The third-order valence-corrected chi connectivity index (χ3v) is 2.07. The second kappa shape index (κ2) is 5.58. The maximum Gasteiger partial charge on any atom is 0.434 e. The first-order valence-electron chi connectivity index (χ1n) is 5.71. The Morgan fingerprint density at radius 1 is 1.29 bits per heavy atom. The van der Waals surface area contributed by atoms with Gasteiger partial charge in [0.1, 0.15) is 11.2 Å². The van der Waals surface area contributed by atoms with Gasteiger partial charge in [0.05, 0.1) is 5.69 Å². The van der Waals surface area contributed by atoms with E-state index in [4.69, 9.17) is 9.84 Å². The molecule has 116 valence electrons. The van der Waals surface area contributed by atoms with E-state index in [1.54, 1.807) is 20.8 Å². The normalized spacial score (nSPS) is 11.9. The van der Waals surface area contributed by atoms with Crippen LogP contribution in [0.5, 0.6) is 0 Å². The highest BCUT2D eigenvalue weighted by molar-refractivity contribution is 5.99. The molecule has 0 aliphatic heterocycles. The van der Waals surface area contributed by atoms with Crippen molar-refractivity contribution in [1.82, 2.24) is 4.98 Å². The predicted molar refractivity (Wildman–Crippen MR) is 66.1 cm³/mol. The lowest BCUT2D eigenvalue weighted by molar-refractivity contribution is -0.141. The van der Waals surface area contributed by atoms with Crippen LogP contribution < -0.4 is 5.32 Å². The summed E-state index contributed by atoms with van der Waals surface area (Å²) in [5, 5.41) is 10.9. The number of halogens is 3. The number of amides is 1. The molecule has 0 aromatic carbocycles. The molecule has 1 aromatic heterocycles. The van der Waals surface area contributed by atoms with Gasteiger partial charge in [-0.25, -0.2) is 9.59 Å². The van der Waals surface area contributed by atoms with Crippen LogP contribution in [0.4, 0.5) is 23.7 Å². The number of carbonyl (C=O) groups excluding carboxylic acids is 1. The molecule has 1 heterocycles. The van der Waals surface area contributed by atoms with Crippen molar-refractivity contribution in [2.75, 3.05) is 5.32 Å². The van der Waals surface area contributed by atoms with Gasteiger partial charge in [0.25, 0.3) is 0 Å². The minimum atomic E-state index is -4.96. The first-order chi connectivity index (χ1) is 9.42. The van der Waals surface area contributed by atoms with Crippen molar-refractivity contribution in [2.45, 2.75) is 32.5 Å². The molecule has 2 N–H and O–H groups in total. The number of nitrogens with one attached hydrogen (secondary N) is 1. The zero-order chi connectivity index (χ0) is 16.4. The fourth-order valence-electron chi connectivity index (χ4n) is 1.41. The van der Waals surface area contributed by atoms with Gasteiger partial charge in [-0.05, 0) is 26.8 Å². The van der Waals surface area contributed by atoms with Gasteiger partial charge in [-0.2, -0.15) is 13.2 Å². The Labute approximate surface area is 117 Å². The Kier molecular flexibility index (Phi) is 4.45. The second-order valence-electron chi connectivity index (χ2n) is 5.01. The van der Waals surface area contributed by atoms with Crippen molar-refractivity contribution in [3.63, 3.8) is 0 Å². The number of carboxylic acids is 1. The number of rotatable bonds is 2. The van der Waals surface area contributed by atoms with Crippen molar-refractivity contribution < 1.29 is 32.6 Å². The highest BCUT2D eigenvalue weighted by Gasteiger charge is 2.39. The average Bonchev–Trinajstić information content (AvgIpc) is 2.24. The number of hydrogen-bond donors (Lipinski definition) is 2. The van der Waals surface area contributed by atoms with E-state index in [0.29, 0.717) is 0 Å². The SMILES string of the molecule is CC(C)(C)OC(=O)Nc1ccnc(C(F)(F)F)c1C(=O)O. The van der Waals surface area contributed by atoms with Crippen molar-refractivity contribution >= 4 is 17.7 Å². The maximum atomic E-state index is 12.7. The highest BCUT2D eigenvalue weighted by atomic mass is 19.4. The summed E-state index contributed by atoms with van der Waals surface area (Å²) in [6.07, 6.45) is -5.27. The molecule has 0 spiro atoms. The van der Waals surface area contributed by atoms with Crippen LogP contribution in [-0.2, 0) is 10.9 Å². The van der Waals surface area contributed by atoms with Gasteiger partial charge in [0.2, 0.25) is 0 Å². The summed E-state index contributed by atoms with van der Waals surface area (Å²) in [5.74, 6) is -1.86. The second-order valence-corrected chi connectivity index (χ2v) is 5.01. The predicted octanol–water partition coefficient (Wildman–Crippen LogP) is 3.15. The Balaban J connectivity index is 3.20. The molecule has 0 aliphatic rings. The number of hydrogen-bond acceptors (Lipinski definition) is 4. The molecule has 6 nitrogen and oxygen atoms in total. The molecule has 1 aromatic rings. The number of anilines is 1. The van der Waals surface area contributed by atoms with E-state index in [9.17, 15) is 22.8 Å². The number of ether oxygens (including phenoxy) is 1. The maximum absolute atomic E-state index is 12.7.